The van der Waals surface area contributed by atoms with Gasteiger partial charge in [0.05, 0.1) is 5.56 Å². The minimum atomic E-state index is -1.29. The molecule has 0 bridgehead atoms. The van der Waals surface area contributed by atoms with Crippen molar-refractivity contribution in [3.63, 3.8) is 0 Å². The molecule has 18 heavy (non-hydrogen) atoms. The minimum Gasteiger partial charge on any atom is -0.480 e. The van der Waals surface area contributed by atoms with Crippen LogP contribution in [-0.4, -0.2) is 51.0 Å². The molecule has 2 N–H and O–H groups in total. The van der Waals surface area contributed by atoms with Gasteiger partial charge in [-0.3, -0.25) is 14.4 Å². The summed E-state index contributed by atoms with van der Waals surface area (Å²) in [5.74, 6) is -3.28. The molecule has 0 aliphatic heterocycles. The third kappa shape index (κ3) is 3.81. The second-order valence-corrected chi connectivity index (χ2v) is 4.04. The average molecular weight is 317 g/mol. The van der Waals surface area contributed by atoms with Crippen LogP contribution in [0.5, 0.6) is 0 Å². The number of carboxylic acid groups (broad SMARTS) is 2. The van der Waals surface area contributed by atoms with Gasteiger partial charge in [-0.15, -0.1) is 0 Å². The summed E-state index contributed by atoms with van der Waals surface area (Å²) in [6.45, 7) is -1.38. The minimum absolute atomic E-state index is 0.111. The van der Waals surface area contributed by atoms with E-state index in [-0.39, 0.29) is 10.2 Å². The molecule has 0 saturated heterocycles. The van der Waals surface area contributed by atoms with Crippen LogP contribution in [0.3, 0.4) is 0 Å². The largest absolute Gasteiger partial charge is 0.480 e. The van der Waals surface area contributed by atoms with E-state index in [1.807, 2.05) is 0 Å². The molecule has 0 aliphatic rings. The Bertz CT molecular complexity index is 475. The van der Waals surface area contributed by atoms with Gasteiger partial charge >= 0.3 is 11.9 Å². The molecule has 0 aromatic carbocycles. The van der Waals surface area contributed by atoms with Crippen molar-refractivity contribution < 1.29 is 24.6 Å². The van der Waals surface area contributed by atoms with Gasteiger partial charge in [0.15, 0.2) is 0 Å². The average Bonchev–Trinajstić information content (AvgIpc) is 2.26. The molecule has 1 amide bonds. The van der Waals surface area contributed by atoms with Crippen molar-refractivity contribution in [3.8, 4) is 0 Å². The number of nitrogens with zero attached hydrogens (tertiary/aromatic N) is 2. The van der Waals surface area contributed by atoms with E-state index in [9.17, 15) is 14.4 Å². The fourth-order valence-electron chi connectivity index (χ4n) is 1.24. The van der Waals surface area contributed by atoms with E-state index in [4.69, 9.17) is 10.2 Å². The molecule has 1 rings (SSSR count). The number of hydrogen-bond donors (Lipinski definition) is 2. The van der Waals surface area contributed by atoms with Crippen LogP contribution < -0.4 is 0 Å². The van der Waals surface area contributed by atoms with Gasteiger partial charge in [0.1, 0.15) is 17.7 Å². The SMILES string of the molecule is O=C(O)CN(CC(=O)O)C(=O)c1cccnc1Br. The zero-order valence-electron chi connectivity index (χ0n) is 9.04. The van der Waals surface area contributed by atoms with Crippen LogP contribution >= 0.6 is 15.9 Å². The van der Waals surface area contributed by atoms with Crippen LogP contribution in [-0.2, 0) is 9.59 Å². The second kappa shape index (κ2) is 6.10. The Hall–Kier alpha value is -1.96. The predicted octanol–water partition coefficient (Wildman–Crippen LogP) is 0.455. The van der Waals surface area contributed by atoms with E-state index in [2.05, 4.69) is 20.9 Å². The van der Waals surface area contributed by atoms with Crippen molar-refractivity contribution in [2.45, 2.75) is 0 Å². The summed E-state index contributed by atoms with van der Waals surface area (Å²) < 4.78 is 0.232. The smallest absolute Gasteiger partial charge is 0.323 e. The summed E-state index contributed by atoms with van der Waals surface area (Å²) in [5.41, 5.74) is 0.111. The van der Waals surface area contributed by atoms with E-state index in [0.717, 1.165) is 0 Å². The lowest BCUT2D eigenvalue weighted by atomic mass is 10.2. The highest BCUT2D eigenvalue weighted by Gasteiger charge is 2.22. The maximum atomic E-state index is 12.0. The van der Waals surface area contributed by atoms with E-state index in [1.165, 1.54) is 18.3 Å². The normalized spacial score (nSPS) is 9.83. The van der Waals surface area contributed by atoms with Crippen LogP contribution in [0.1, 0.15) is 10.4 Å². The van der Waals surface area contributed by atoms with Crippen LogP contribution in [0.2, 0.25) is 0 Å². The van der Waals surface area contributed by atoms with Crippen molar-refractivity contribution in [2.75, 3.05) is 13.1 Å². The number of rotatable bonds is 5. The van der Waals surface area contributed by atoms with E-state index < -0.39 is 30.9 Å². The van der Waals surface area contributed by atoms with Gasteiger partial charge in [0.2, 0.25) is 0 Å². The number of carbonyl (C=O) groups excluding carboxylic acids is 1. The van der Waals surface area contributed by atoms with E-state index in [0.29, 0.717) is 4.90 Å². The number of aromatic nitrogens is 1. The monoisotopic (exact) mass is 316 g/mol. The number of halogens is 1. The number of carbonyl (C=O) groups is 3. The molecule has 0 fully saturated rings. The fourth-order valence-corrected chi connectivity index (χ4v) is 1.66. The molecular formula is C10H9BrN2O5. The number of aliphatic carboxylic acids is 2. The van der Waals surface area contributed by atoms with Crippen LogP contribution in [0.15, 0.2) is 22.9 Å². The highest BCUT2D eigenvalue weighted by molar-refractivity contribution is 9.10. The summed E-state index contributed by atoms with van der Waals surface area (Å²) >= 11 is 3.04. The molecule has 0 spiro atoms. The van der Waals surface area contributed by atoms with Crippen molar-refractivity contribution in [2.24, 2.45) is 0 Å². The van der Waals surface area contributed by atoms with Crippen molar-refractivity contribution >= 4 is 33.8 Å². The zero-order valence-corrected chi connectivity index (χ0v) is 10.6. The Morgan fingerprint density at radius 1 is 1.22 bits per heavy atom. The van der Waals surface area contributed by atoms with Crippen LogP contribution in [0, 0.1) is 0 Å². The Kier molecular flexibility index (Phi) is 4.78. The number of amides is 1. The third-order valence-corrected chi connectivity index (χ3v) is 2.56. The summed E-state index contributed by atoms with van der Waals surface area (Å²) in [4.78, 5) is 37.7. The van der Waals surface area contributed by atoms with Crippen LogP contribution in [0.4, 0.5) is 0 Å². The lowest BCUT2D eigenvalue weighted by Gasteiger charge is -2.18. The quantitative estimate of drug-likeness (QED) is 0.764. The van der Waals surface area contributed by atoms with Gasteiger partial charge in [-0.25, -0.2) is 4.98 Å². The first kappa shape index (κ1) is 14.1. The maximum absolute atomic E-state index is 12.0. The first-order valence-electron chi connectivity index (χ1n) is 4.75. The first-order valence-corrected chi connectivity index (χ1v) is 5.54. The first-order chi connectivity index (χ1) is 8.41. The molecule has 1 heterocycles. The van der Waals surface area contributed by atoms with Gasteiger partial charge in [0, 0.05) is 6.20 Å². The molecular weight excluding hydrogens is 308 g/mol. The molecule has 8 heteroatoms. The van der Waals surface area contributed by atoms with Crippen molar-refractivity contribution in [3.05, 3.63) is 28.5 Å². The number of carboxylic acids is 2. The van der Waals surface area contributed by atoms with Crippen molar-refractivity contribution in [1.29, 1.82) is 0 Å². The Labute approximate surface area is 110 Å². The lowest BCUT2D eigenvalue weighted by molar-refractivity contribution is -0.140. The molecule has 7 nitrogen and oxygen atoms in total. The second-order valence-electron chi connectivity index (χ2n) is 3.29. The van der Waals surface area contributed by atoms with E-state index in [1.54, 1.807) is 0 Å². The summed E-state index contributed by atoms with van der Waals surface area (Å²) in [7, 11) is 0. The zero-order chi connectivity index (χ0) is 13.7. The Balaban J connectivity index is 2.98. The topological polar surface area (TPSA) is 108 Å². The predicted molar refractivity (Wildman–Crippen MR) is 63.1 cm³/mol. The molecule has 96 valence electrons. The van der Waals surface area contributed by atoms with Crippen LogP contribution in [0.25, 0.3) is 0 Å². The molecule has 0 atom stereocenters. The summed E-state index contributed by atoms with van der Waals surface area (Å²) in [6, 6.07) is 2.92. The third-order valence-electron chi connectivity index (χ3n) is 1.93. The molecule has 1 aromatic rings. The maximum Gasteiger partial charge on any atom is 0.323 e. The highest BCUT2D eigenvalue weighted by Crippen LogP contribution is 2.14. The lowest BCUT2D eigenvalue weighted by Crippen LogP contribution is -2.39. The van der Waals surface area contributed by atoms with Gasteiger partial charge < -0.3 is 15.1 Å². The molecule has 0 unspecified atom stereocenters. The van der Waals surface area contributed by atoms with Gasteiger partial charge in [0.25, 0.3) is 5.91 Å². The Morgan fingerprint density at radius 2 is 1.78 bits per heavy atom. The van der Waals surface area contributed by atoms with Gasteiger partial charge in [-0.1, -0.05) is 0 Å². The molecule has 0 aliphatic carbocycles. The number of pyridine rings is 1. The standard InChI is InChI=1S/C10H9BrN2O5/c11-9-6(2-1-3-12-9)10(18)13(4-7(14)15)5-8(16)17/h1-3H,4-5H2,(H,14,15)(H,16,17). The Morgan fingerprint density at radius 3 is 2.22 bits per heavy atom. The molecule has 1 aromatic heterocycles. The van der Waals surface area contributed by atoms with Crippen molar-refractivity contribution in [1.82, 2.24) is 9.88 Å². The highest BCUT2D eigenvalue weighted by atomic mass is 79.9. The summed E-state index contributed by atoms with van der Waals surface area (Å²) in [6.07, 6.45) is 1.44. The van der Waals surface area contributed by atoms with Gasteiger partial charge in [-0.05, 0) is 28.1 Å². The summed E-state index contributed by atoms with van der Waals surface area (Å²) in [5, 5.41) is 17.3. The fraction of sp³-hybridized carbons (Fsp3) is 0.200. The van der Waals surface area contributed by atoms with Gasteiger partial charge in [-0.2, -0.15) is 0 Å². The molecule has 0 saturated carbocycles. The van der Waals surface area contributed by atoms with E-state index >= 15 is 0 Å². The number of hydrogen-bond acceptors (Lipinski definition) is 4. The molecule has 0 radical (unpaired) electrons.